The van der Waals surface area contributed by atoms with Crippen LogP contribution in [0.25, 0.3) is 0 Å². The van der Waals surface area contributed by atoms with Crippen molar-refractivity contribution in [2.75, 3.05) is 6.26 Å². The van der Waals surface area contributed by atoms with Gasteiger partial charge in [0.2, 0.25) is 0 Å². The SMILES string of the molecule is [B]C(C)(C)SC. The minimum absolute atomic E-state index is 0.0417. The number of hydrogen-bond acceptors (Lipinski definition) is 1. The van der Waals surface area contributed by atoms with Crippen molar-refractivity contribution in [2.45, 2.75) is 18.5 Å². The molecule has 0 bridgehead atoms. The van der Waals surface area contributed by atoms with Crippen LogP contribution in [0.1, 0.15) is 13.8 Å². The van der Waals surface area contributed by atoms with E-state index in [0.29, 0.717) is 0 Å². The van der Waals surface area contributed by atoms with Gasteiger partial charge in [0.05, 0.1) is 7.85 Å². The highest BCUT2D eigenvalue weighted by Crippen LogP contribution is 2.14. The normalized spacial score (nSPS) is 11.8. The van der Waals surface area contributed by atoms with Gasteiger partial charge in [0.25, 0.3) is 0 Å². The van der Waals surface area contributed by atoms with Crippen molar-refractivity contribution in [1.82, 2.24) is 0 Å². The highest BCUT2D eigenvalue weighted by Gasteiger charge is 2.03. The molecule has 0 aromatic carbocycles. The molecule has 0 atom stereocenters. The van der Waals surface area contributed by atoms with Crippen molar-refractivity contribution in [3.8, 4) is 0 Å². The summed E-state index contributed by atoms with van der Waals surface area (Å²) in [6.07, 6.45) is 2.00. The van der Waals surface area contributed by atoms with E-state index in [2.05, 4.69) is 0 Å². The van der Waals surface area contributed by atoms with Crippen LogP contribution in [-0.2, 0) is 0 Å². The molecule has 0 N–H and O–H groups in total. The summed E-state index contributed by atoms with van der Waals surface area (Å²) in [6.45, 7) is 3.97. The van der Waals surface area contributed by atoms with E-state index in [9.17, 15) is 0 Å². The smallest absolute Gasteiger partial charge is 0.0885 e. The predicted octanol–water partition coefficient (Wildman–Crippen LogP) is 1.25. The quantitative estimate of drug-likeness (QED) is 0.447. The fourth-order valence-corrected chi connectivity index (χ4v) is 0. The molecule has 0 aliphatic rings. The fourth-order valence-electron chi connectivity index (χ4n) is 0. The largest absolute Gasteiger partial charge is 0.169 e. The van der Waals surface area contributed by atoms with E-state index in [4.69, 9.17) is 7.85 Å². The lowest BCUT2D eigenvalue weighted by molar-refractivity contribution is 1.01. The van der Waals surface area contributed by atoms with Crippen LogP contribution < -0.4 is 0 Å². The summed E-state index contributed by atoms with van der Waals surface area (Å²) in [6, 6.07) is 0. The average Bonchev–Trinajstić information content (AvgIpc) is 1.35. The first kappa shape index (κ1) is 6.41. The topological polar surface area (TPSA) is 0 Å². The first-order valence-electron chi connectivity index (χ1n) is 1.90. The lowest BCUT2D eigenvalue weighted by atomic mass is 9.91. The Morgan fingerprint density at radius 1 is 1.50 bits per heavy atom. The second-order valence-electron chi connectivity index (χ2n) is 1.81. The maximum absolute atomic E-state index is 5.50. The van der Waals surface area contributed by atoms with E-state index < -0.39 is 0 Å². The summed E-state index contributed by atoms with van der Waals surface area (Å²) in [4.78, 5) is 0. The Bertz CT molecular complexity index is 37.3. The lowest BCUT2D eigenvalue weighted by Gasteiger charge is -2.12. The second kappa shape index (κ2) is 1.92. The molecule has 0 unspecified atom stereocenters. The highest BCUT2D eigenvalue weighted by molar-refractivity contribution is 8.01. The van der Waals surface area contributed by atoms with E-state index in [0.717, 1.165) is 0 Å². The summed E-state index contributed by atoms with van der Waals surface area (Å²) in [7, 11) is 5.50. The predicted molar refractivity (Wildman–Crippen MR) is 33.3 cm³/mol. The Morgan fingerprint density at radius 2 is 1.67 bits per heavy atom. The van der Waals surface area contributed by atoms with Crippen molar-refractivity contribution >= 4 is 19.6 Å². The van der Waals surface area contributed by atoms with Gasteiger partial charge in [0.1, 0.15) is 0 Å². The molecule has 0 amide bonds. The van der Waals surface area contributed by atoms with Gasteiger partial charge >= 0.3 is 0 Å². The molecule has 0 saturated carbocycles. The van der Waals surface area contributed by atoms with Crippen molar-refractivity contribution < 1.29 is 0 Å². The third-order valence-corrected chi connectivity index (χ3v) is 1.58. The van der Waals surface area contributed by atoms with Crippen LogP contribution in [-0.4, -0.2) is 18.7 Å². The minimum Gasteiger partial charge on any atom is -0.169 e. The van der Waals surface area contributed by atoms with Crippen LogP contribution in [0.15, 0.2) is 0 Å². The summed E-state index contributed by atoms with van der Waals surface area (Å²) in [5.74, 6) is 0. The summed E-state index contributed by atoms with van der Waals surface area (Å²) in [5.41, 5.74) is 0. The number of hydrogen-bond donors (Lipinski definition) is 0. The zero-order valence-corrected chi connectivity index (χ0v) is 5.30. The summed E-state index contributed by atoms with van der Waals surface area (Å²) < 4.78 is -0.0417. The molecule has 0 aliphatic carbocycles. The summed E-state index contributed by atoms with van der Waals surface area (Å²) >= 11 is 1.66. The van der Waals surface area contributed by atoms with E-state index in [1.165, 1.54) is 0 Å². The van der Waals surface area contributed by atoms with Gasteiger partial charge in [-0.15, -0.1) is 0 Å². The zero-order valence-electron chi connectivity index (χ0n) is 4.49. The van der Waals surface area contributed by atoms with Gasteiger partial charge in [-0.05, 0) is 10.9 Å². The standard InChI is InChI=1S/C4H9BS/c1-4(2,5)6-3/h1-3H3. The van der Waals surface area contributed by atoms with Gasteiger partial charge in [-0.1, -0.05) is 13.8 Å². The molecule has 0 spiro atoms. The van der Waals surface area contributed by atoms with Crippen LogP contribution in [0.2, 0.25) is 0 Å². The van der Waals surface area contributed by atoms with E-state index in [-0.39, 0.29) is 4.65 Å². The molecule has 0 fully saturated rings. The molecule has 0 heterocycles. The highest BCUT2D eigenvalue weighted by atomic mass is 32.2. The van der Waals surface area contributed by atoms with Gasteiger partial charge in [-0.3, -0.25) is 0 Å². The first-order valence-corrected chi connectivity index (χ1v) is 3.13. The van der Waals surface area contributed by atoms with Crippen LogP contribution in [0, 0.1) is 0 Å². The molecular weight excluding hydrogens is 90.9 g/mol. The number of rotatable bonds is 1. The van der Waals surface area contributed by atoms with E-state index in [1.807, 2.05) is 20.1 Å². The first-order chi connectivity index (χ1) is 2.56. The average molecular weight is 100.0 g/mol. The zero-order chi connectivity index (χ0) is 5.21. The third kappa shape index (κ3) is 4.41. The van der Waals surface area contributed by atoms with Crippen LogP contribution >= 0.6 is 11.8 Å². The Balaban J connectivity index is 3.17. The molecule has 6 heavy (non-hydrogen) atoms. The second-order valence-corrected chi connectivity index (χ2v) is 3.27. The molecule has 0 aromatic heterocycles. The Labute approximate surface area is 45.1 Å². The van der Waals surface area contributed by atoms with Crippen molar-refractivity contribution in [1.29, 1.82) is 0 Å². The molecule has 2 heteroatoms. The molecule has 0 saturated heterocycles. The van der Waals surface area contributed by atoms with E-state index in [1.54, 1.807) is 11.8 Å². The van der Waals surface area contributed by atoms with Gasteiger partial charge in [-0.2, -0.15) is 11.8 Å². The molecule has 0 nitrogen and oxygen atoms in total. The van der Waals surface area contributed by atoms with Crippen LogP contribution in [0.3, 0.4) is 0 Å². The Morgan fingerprint density at radius 3 is 1.67 bits per heavy atom. The van der Waals surface area contributed by atoms with Crippen molar-refractivity contribution in [3.05, 3.63) is 0 Å². The minimum atomic E-state index is -0.0417. The Kier molecular flexibility index (Phi) is 2.05. The Hall–Kier alpha value is 0.415. The molecular formula is C4H9BS. The third-order valence-electron chi connectivity index (χ3n) is 0.526. The number of thioether (sulfide) groups is 1. The van der Waals surface area contributed by atoms with Gasteiger partial charge in [-0.25, -0.2) is 0 Å². The van der Waals surface area contributed by atoms with Gasteiger partial charge in [0, 0.05) is 0 Å². The van der Waals surface area contributed by atoms with Crippen LogP contribution in [0.4, 0.5) is 0 Å². The monoisotopic (exact) mass is 100 g/mol. The molecule has 0 aromatic rings. The van der Waals surface area contributed by atoms with E-state index >= 15 is 0 Å². The van der Waals surface area contributed by atoms with Crippen LogP contribution in [0.5, 0.6) is 0 Å². The maximum Gasteiger partial charge on any atom is 0.0885 e. The molecule has 0 rings (SSSR count). The maximum atomic E-state index is 5.50. The van der Waals surface area contributed by atoms with Crippen molar-refractivity contribution in [3.63, 3.8) is 0 Å². The molecule has 0 aliphatic heterocycles. The molecule has 2 radical (unpaired) electrons. The lowest BCUT2D eigenvalue weighted by Crippen LogP contribution is -2.11. The van der Waals surface area contributed by atoms with Gasteiger partial charge in [0.15, 0.2) is 0 Å². The fraction of sp³-hybridized carbons (Fsp3) is 1.00. The van der Waals surface area contributed by atoms with Crippen molar-refractivity contribution in [2.24, 2.45) is 0 Å². The van der Waals surface area contributed by atoms with Gasteiger partial charge < -0.3 is 0 Å². The molecule has 34 valence electrons. The summed E-state index contributed by atoms with van der Waals surface area (Å²) in [5, 5.41) is 0.